The Bertz CT molecular complexity index is 1300. The first-order valence-corrected chi connectivity index (χ1v) is 9.74. The lowest BCUT2D eigenvalue weighted by Gasteiger charge is -2.05. The van der Waals surface area contributed by atoms with Crippen LogP contribution >= 0.6 is 22.9 Å². The van der Waals surface area contributed by atoms with Crippen molar-refractivity contribution in [2.75, 3.05) is 6.61 Å². The standard InChI is InChI=1S/C19H15ClN4O3S/c1-4-27-19(26)11-5-7-12(8-6-11)24-18(25)16-15(22-23-24)13-9(2)14(20)10(3)21-17(13)28-16/h5-8H,4H2,1-3H3. The van der Waals surface area contributed by atoms with Gasteiger partial charge >= 0.3 is 5.97 Å². The molecule has 4 rings (SSSR count). The van der Waals surface area contributed by atoms with Crippen molar-refractivity contribution >= 4 is 49.3 Å². The molecule has 3 aromatic heterocycles. The molecule has 1 aromatic carbocycles. The lowest BCUT2D eigenvalue weighted by Crippen LogP contribution is -2.21. The van der Waals surface area contributed by atoms with Crippen molar-refractivity contribution in [2.45, 2.75) is 20.8 Å². The zero-order valence-electron chi connectivity index (χ0n) is 15.3. The molecule has 9 heteroatoms. The quantitative estimate of drug-likeness (QED) is 0.473. The highest BCUT2D eigenvalue weighted by Gasteiger charge is 2.19. The fraction of sp³-hybridized carbons (Fsp3) is 0.211. The molecule has 7 nitrogen and oxygen atoms in total. The monoisotopic (exact) mass is 414 g/mol. The van der Waals surface area contributed by atoms with E-state index in [1.165, 1.54) is 16.0 Å². The number of hydrogen-bond donors (Lipinski definition) is 0. The van der Waals surface area contributed by atoms with E-state index in [4.69, 9.17) is 16.3 Å². The number of carbonyl (C=O) groups is 1. The number of aryl methyl sites for hydroxylation is 2. The van der Waals surface area contributed by atoms with E-state index in [-0.39, 0.29) is 5.56 Å². The highest BCUT2D eigenvalue weighted by molar-refractivity contribution is 7.25. The lowest BCUT2D eigenvalue weighted by atomic mass is 10.1. The normalized spacial score (nSPS) is 11.3. The van der Waals surface area contributed by atoms with Gasteiger partial charge in [0.2, 0.25) is 0 Å². The maximum absolute atomic E-state index is 13.0. The SMILES string of the molecule is CCOC(=O)c1ccc(-n2nnc3c(sc4nc(C)c(Cl)c(C)c43)c2=O)cc1. The molecule has 0 radical (unpaired) electrons. The molecule has 0 fully saturated rings. The van der Waals surface area contributed by atoms with Gasteiger partial charge < -0.3 is 4.74 Å². The summed E-state index contributed by atoms with van der Waals surface area (Å²) in [6.07, 6.45) is 0. The Hall–Kier alpha value is -2.84. The summed E-state index contributed by atoms with van der Waals surface area (Å²) in [4.78, 5) is 30.0. The van der Waals surface area contributed by atoms with Crippen molar-refractivity contribution < 1.29 is 9.53 Å². The van der Waals surface area contributed by atoms with Gasteiger partial charge in [-0.05, 0) is 50.6 Å². The molecule has 0 atom stereocenters. The Morgan fingerprint density at radius 3 is 2.64 bits per heavy atom. The van der Waals surface area contributed by atoms with Crippen LogP contribution in [0.2, 0.25) is 5.02 Å². The van der Waals surface area contributed by atoms with Crippen LogP contribution in [0.3, 0.4) is 0 Å². The molecule has 0 aliphatic heterocycles. The van der Waals surface area contributed by atoms with E-state index in [0.29, 0.717) is 43.6 Å². The summed E-state index contributed by atoms with van der Waals surface area (Å²) in [5, 5.41) is 9.65. The molecule has 0 spiro atoms. The second-order valence-electron chi connectivity index (χ2n) is 6.17. The van der Waals surface area contributed by atoms with Crippen LogP contribution < -0.4 is 5.56 Å². The van der Waals surface area contributed by atoms with Gasteiger partial charge in [-0.25, -0.2) is 9.78 Å². The fourth-order valence-electron chi connectivity index (χ4n) is 3.00. The Balaban J connectivity index is 1.87. The predicted molar refractivity (Wildman–Crippen MR) is 109 cm³/mol. The van der Waals surface area contributed by atoms with Crippen molar-refractivity contribution in [3.8, 4) is 5.69 Å². The number of rotatable bonds is 3. The van der Waals surface area contributed by atoms with Gasteiger partial charge in [-0.15, -0.1) is 16.4 Å². The number of esters is 1. The number of hydrogen-bond acceptors (Lipinski definition) is 7. The fourth-order valence-corrected chi connectivity index (χ4v) is 4.28. The number of aromatic nitrogens is 4. The molecule has 0 aliphatic carbocycles. The molecule has 0 N–H and O–H groups in total. The van der Waals surface area contributed by atoms with Crippen LogP contribution in [-0.4, -0.2) is 32.6 Å². The number of thiophene rings is 1. The summed E-state index contributed by atoms with van der Waals surface area (Å²) in [7, 11) is 0. The zero-order valence-corrected chi connectivity index (χ0v) is 16.9. The van der Waals surface area contributed by atoms with Crippen LogP contribution in [0.15, 0.2) is 29.1 Å². The topological polar surface area (TPSA) is 87.0 Å². The molecule has 28 heavy (non-hydrogen) atoms. The molecular weight excluding hydrogens is 400 g/mol. The van der Waals surface area contributed by atoms with Crippen molar-refractivity contribution in [1.29, 1.82) is 0 Å². The molecule has 0 bridgehead atoms. The van der Waals surface area contributed by atoms with E-state index in [0.717, 1.165) is 10.9 Å². The summed E-state index contributed by atoms with van der Waals surface area (Å²) in [5.74, 6) is -0.416. The number of halogens is 1. The summed E-state index contributed by atoms with van der Waals surface area (Å²) < 4.78 is 6.63. The van der Waals surface area contributed by atoms with Gasteiger partial charge in [0.15, 0.2) is 0 Å². The van der Waals surface area contributed by atoms with Crippen LogP contribution in [0.5, 0.6) is 0 Å². The lowest BCUT2D eigenvalue weighted by molar-refractivity contribution is 0.0526. The van der Waals surface area contributed by atoms with Gasteiger partial charge in [-0.2, -0.15) is 4.68 Å². The van der Waals surface area contributed by atoms with Crippen molar-refractivity contribution in [2.24, 2.45) is 0 Å². The second kappa shape index (κ2) is 6.96. The smallest absolute Gasteiger partial charge is 0.338 e. The van der Waals surface area contributed by atoms with Crippen LogP contribution in [0.4, 0.5) is 0 Å². The molecular formula is C19H15ClN4O3S. The highest BCUT2D eigenvalue weighted by Crippen LogP contribution is 2.35. The van der Waals surface area contributed by atoms with E-state index >= 15 is 0 Å². The van der Waals surface area contributed by atoms with E-state index in [1.807, 2.05) is 13.8 Å². The minimum Gasteiger partial charge on any atom is -0.462 e. The molecule has 0 aliphatic rings. The van der Waals surface area contributed by atoms with Crippen molar-refractivity contribution in [3.63, 3.8) is 0 Å². The first-order valence-electron chi connectivity index (χ1n) is 8.54. The van der Waals surface area contributed by atoms with Crippen molar-refractivity contribution in [3.05, 3.63) is 56.5 Å². The van der Waals surface area contributed by atoms with E-state index in [1.54, 1.807) is 31.2 Å². The van der Waals surface area contributed by atoms with Gasteiger partial charge in [0.05, 0.1) is 28.6 Å². The summed E-state index contributed by atoms with van der Waals surface area (Å²) in [6, 6.07) is 6.44. The predicted octanol–water partition coefficient (Wildman–Crippen LogP) is 3.84. The van der Waals surface area contributed by atoms with Crippen LogP contribution in [0.1, 0.15) is 28.5 Å². The molecule has 0 saturated heterocycles. The Kier molecular flexibility index (Phi) is 4.60. The maximum atomic E-state index is 13.0. The number of pyridine rings is 1. The van der Waals surface area contributed by atoms with E-state index in [9.17, 15) is 9.59 Å². The molecule has 0 amide bonds. The largest absolute Gasteiger partial charge is 0.462 e. The minimum atomic E-state index is -0.416. The second-order valence-corrected chi connectivity index (χ2v) is 7.55. The van der Waals surface area contributed by atoms with Gasteiger partial charge in [0.1, 0.15) is 15.0 Å². The number of carbonyl (C=O) groups excluding carboxylic acids is 1. The van der Waals surface area contributed by atoms with Gasteiger partial charge in [-0.1, -0.05) is 16.8 Å². The van der Waals surface area contributed by atoms with Crippen LogP contribution in [0.25, 0.3) is 26.1 Å². The Labute approximate surface area is 168 Å². The third-order valence-corrected chi connectivity index (χ3v) is 6.02. The Morgan fingerprint density at radius 1 is 1.25 bits per heavy atom. The number of fused-ring (bicyclic) bond motifs is 3. The van der Waals surface area contributed by atoms with Gasteiger partial charge in [-0.3, -0.25) is 4.79 Å². The first-order chi connectivity index (χ1) is 13.4. The minimum absolute atomic E-state index is 0.297. The van der Waals surface area contributed by atoms with Crippen LogP contribution in [0, 0.1) is 13.8 Å². The van der Waals surface area contributed by atoms with E-state index in [2.05, 4.69) is 15.3 Å². The van der Waals surface area contributed by atoms with Gasteiger partial charge in [0, 0.05) is 5.39 Å². The average Bonchev–Trinajstić information content (AvgIpc) is 3.06. The number of ether oxygens (including phenoxy) is 1. The molecule has 142 valence electrons. The highest BCUT2D eigenvalue weighted by atomic mass is 35.5. The number of nitrogens with zero attached hydrogens (tertiary/aromatic N) is 4. The third-order valence-electron chi connectivity index (χ3n) is 4.40. The number of benzene rings is 1. The molecule has 0 saturated carbocycles. The van der Waals surface area contributed by atoms with Crippen molar-refractivity contribution in [1.82, 2.24) is 20.0 Å². The Morgan fingerprint density at radius 2 is 1.96 bits per heavy atom. The molecule has 3 heterocycles. The molecule has 0 unspecified atom stereocenters. The van der Waals surface area contributed by atoms with Crippen LogP contribution in [-0.2, 0) is 4.74 Å². The molecule has 4 aromatic rings. The average molecular weight is 415 g/mol. The summed E-state index contributed by atoms with van der Waals surface area (Å²) in [6.45, 7) is 5.75. The maximum Gasteiger partial charge on any atom is 0.338 e. The van der Waals surface area contributed by atoms with E-state index < -0.39 is 5.97 Å². The summed E-state index contributed by atoms with van der Waals surface area (Å²) >= 11 is 7.59. The zero-order chi connectivity index (χ0) is 20.0. The first kappa shape index (κ1) is 18.5. The van der Waals surface area contributed by atoms with Gasteiger partial charge in [0.25, 0.3) is 5.56 Å². The third kappa shape index (κ3) is 2.85. The summed E-state index contributed by atoms with van der Waals surface area (Å²) in [5.41, 5.74) is 2.64.